The van der Waals surface area contributed by atoms with Crippen molar-refractivity contribution in [2.24, 2.45) is 0 Å². The molecule has 1 saturated heterocycles. The Bertz CT molecular complexity index is 1190. The number of carbonyl (C=O) groups is 1. The molecule has 0 amide bonds. The molecule has 1 aromatic heterocycles. The fourth-order valence-corrected chi connectivity index (χ4v) is 5.14. The Morgan fingerprint density at radius 1 is 1.11 bits per heavy atom. The highest BCUT2D eigenvalue weighted by molar-refractivity contribution is 7.99. The third-order valence-electron chi connectivity index (χ3n) is 5.84. The Morgan fingerprint density at radius 2 is 1.78 bits per heavy atom. The zero-order valence-corrected chi connectivity index (χ0v) is 19.3. The second kappa shape index (κ2) is 11.0. The summed E-state index contributed by atoms with van der Waals surface area (Å²) in [6.07, 6.45) is -4.63. The molecule has 2 aromatic carbocycles. The molecule has 6 atom stereocenters. The van der Waals surface area contributed by atoms with E-state index in [1.807, 2.05) is 18.2 Å². The molecule has 9 nitrogen and oxygen atoms in total. The largest absolute Gasteiger partial charge is 0.480 e. The van der Waals surface area contributed by atoms with Crippen LogP contribution in [0.25, 0.3) is 11.3 Å². The number of aliphatic hydroxyl groups is 3. The highest BCUT2D eigenvalue weighted by Crippen LogP contribution is 2.36. The molecule has 0 aliphatic carbocycles. The molecule has 1 aliphatic rings. The number of aliphatic carboxylic acids is 1. The molecule has 4 N–H and O–H groups in total. The fourth-order valence-electron chi connectivity index (χ4n) is 4.02. The second-order valence-corrected chi connectivity index (χ2v) is 9.32. The molecule has 1 aliphatic heterocycles. The number of benzene rings is 2. The van der Waals surface area contributed by atoms with Crippen LogP contribution in [0.15, 0.2) is 48.7 Å². The number of halogens is 3. The maximum Gasteiger partial charge on any atom is 0.319 e. The van der Waals surface area contributed by atoms with Crippen molar-refractivity contribution in [1.29, 1.82) is 0 Å². The van der Waals surface area contributed by atoms with Crippen LogP contribution in [0.1, 0.15) is 11.6 Å². The molecule has 192 valence electrons. The zero-order valence-electron chi connectivity index (χ0n) is 18.5. The number of carboxylic acid groups (broad SMARTS) is 1. The Kier molecular flexibility index (Phi) is 7.95. The Balaban J connectivity index is 1.62. The Labute approximate surface area is 207 Å². The molecule has 0 bridgehead atoms. The van der Waals surface area contributed by atoms with Crippen LogP contribution >= 0.6 is 11.8 Å². The lowest BCUT2D eigenvalue weighted by atomic mass is 9.91. The van der Waals surface area contributed by atoms with Crippen LogP contribution in [0, 0.1) is 17.5 Å². The molecule has 36 heavy (non-hydrogen) atoms. The maximum absolute atomic E-state index is 13.7. The first-order valence-electron chi connectivity index (χ1n) is 10.8. The van der Waals surface area contributed by atoms with Gasteiger partial charge in [0, 0.05) is 11.3 Å². The summed E-state index contributed by atoms with van der Waals surface area (Å²) < 4.78 is 47.3. The van der Waals surface area contributed by atoms with E-state index in [1.165, 1.54) is 0 Å². The quantitative estimate of drug-likeness (QED) is 0.324. The summed E-state index contributed by atoms with van der Waals surface area (Å²) in [4.78, 5) is 12.1. The van der Waals surface area contributed by atoms with Crippen LogP contribution in [-0.2, 0) is 15.3 Å². The molecule has 2 heterocycles. The number of nitrogens with zero attached hydrogens (tertiary/aromatic N) is 3. The van der Waals surface area contributed by atoms with E-state index >= 15 is 0 Å². The smallest absolute Gasteiger partial charge is 0.319 e. The minimum absolute atomic E-state index is 0.0935. The van der Waals surface area contributed by atoms with Gasteiger partial charge in [0.15, 0.2) is 17.5 Å². The fraction of sp³-hybridized carbons (Fsp3) is 0.348. The molecular weight excluding hydrogens is 503 g/mol. The third-order valence-corrected chi connectivity index (χ3v) is 7.17. The van der Waals surface area contributed by atoms with E-state index in [-0.39, 0.29) is 17.0 Å². The summed E-state index contributed by atoms with van der Waals surface area (Å²) in [5.74, 6) is -5.51. The van der Waals surface area contributed by atoms with Crippen molar-refractivity contribution < 1.29 is 43.1 Å². The van der Waals surface area contributed by atoms with Gasteiger partial charge in [-0.15, -0.1) is 16.9 Å². The van der Waals surface area contributed by atoms with Crippen molar-refractivity contribution in [1.82, 2.24) is 15.0 Å². The average molecular weight is 526 g/mol. The molecular formula is C23H22F3N3O6S. The predicted octanol–water partition coefficient (Wildman–Crippen LogP) is 1.77. The molecule has 4 rings (SSSR count). The van der Waals surface area contributed by atoms with Crippen molar-refractivity contribution in [3.05, 3.63) is 71.7 Å². The van der Waals surface area contributed by atoms with E-state index in [0.29, 0.717) is 12.1 Å². The first-order valence-corrected chi connectivity index (χ1v) is 11.8. The average Bonchev–Trinajstić information content (AvgIpc) is 3.34. The summed E-state index contributed by atoms with van der Waals surface area (Å²) in [5.41, 5.74) is 0.601. The number of ether oxygens (including phenoxy) is 1. The summed E-state index contributed by atoms with van der Waals surface area (Å²) in [7, 11) is 0. The van der Waals surface area contributed by atoms with Gasteiger partial charge in [-0.25, -0.2) is 17.9 Å². The van der Waals surface area contributed by atoms with Crippen molar-refractivity contribution in [3.63, 3.8) is 0 Å². The number of thioether (sulfide) groups is 1. The van der Waals surface area contributed by atoms with Gasteiger partial charge in [-0.2, -0.15) is 0 Å². The molecule has 3 unspecified atom stereocenters. The van der Waals surface area contributed by atoms with Gasteiger partial charge < -0.3 is 25.2 Å². The molecule has 3 aromatic rings. The van der Waals surface area contributed by atoms with Crippen LogP contribution in [0.2, 0.25) is 0 Å². The number of aromatic nitrogens is 3. The van der Waals surface area contributed by atoms with Crippen LogP contribution in [0.4, 0.5) is 13.2 Å². The van der Waals surface area contributed by atoms with Crippen LogP contribution in [0.3, 0.4) is 0 Å². The van der Waals surface area contributed by atoms with Crippen molar-refractivity contribution in [3.8, 4) is 11.3 Å². The van der Waals surface area contributed by atoms with Gasteiger partial charge in [0.25, 0.3) is 0 Å². The number of aliphatic hydroxyl groups excluding tert-OH is 3. The third kappa shape index (κ3) is 5.25. The SMILES string of the molecule is O=C(O)[C@@H](SCc1ccccc1)[C@@H]1OC(CO)[C@H](O)C(n2cc(-c3cc(F)c(F)c(F)c3)nn2)C1O. The number of hydrogen-bond donors (Lipinski definition) is 4. The Morgan fingerprint density at radius 3 is 2.39 bits per heavy atom. The van der Waals surface area contributed by atoms with Crippen LogP contribution in [-0.4, -0.2) is 77.7 Å². The Hall–Kier alpha value is -2.97. The number of hydrogen-bond acceptors (Lipinski definition) is 8. The first kappa shape index (κ1) is 26.1. The van der Waals surface area contributed by atoms with E-state index in [2.05, 4.69) is 10.3 Å². The first-order chi connectivity index (χ1) is 17.2. The standard InChI is InChI=1S/C23H22F3N3O6S/c24-13-6-12(7-14(25)17(13)26)15-8-29(28-27-15)18-19(31)16(9-30)35-21(20(18)32)22(23(33)34)36-10-11-4-2-1-3-5-11/h1-8,16,18-22,30-32H,9-10H2,(H,33,34)/t16?,18?,19-,20?,21+,22-/m0/s1. The van der Waals surface area contributed by atoms with Gasteiger partial charge in [-0.1, -0.05) is 35.5 Å². The molecule has 1 fully saturated rings. The van der Waals surface area contributed by atoms with E-state index in [4.69, 9.17) is 4.74 Å². The van der Waals surface area contributed by atoms with Crippen LogP contribution in [0.5, 0.6) is 0 Å². The highest BCUT2D eigenvalue weighted by atomic mass is 32.2. The lowest BCUT2D eigenvalue weighted by Crippen LogP contribution is -2.59. The monoisotopic (exact) mass is 525 g/mol. The zero-order chi connectivity index (χ0) is 26.0. The second-order valence-electron chi connectivity index (χ2n) is 8.19. The number of rotatable bonds is 8. The minimum Gasteiger partial charge on any atom is -0.480 e. The summed E-state index contributed by atoms with van der Waals surface area (Å²) in [6.45, 7) is -0.688. The molecule has 0 radical (unpaired) electrons. The van der Waals surface area contributed by atoms with Gasteiger partial charge >= 0.3 is 5.97 Å². The van der Waals surface area contributed by atoms with Gasteiger partial charge in [0.05, 0.1) is 12.8 Å². The lowest BCUT2D eigenvalue weighted by molar-refractivity contribution is -0.207. The molecule has 13 heteroatoms. The summed E-state index contributed by atoms with van der Waals surface area (Å²) in [5, 5.41) is 47.7. The molecule has 0 saturated carbocycles. The predicted molar refractivity (Wildman–Crippen MR) is 121 cm³/mol. The summed E-state index contributed by atoms with van der Waals surface area (Å²) >= 11 is 0.999. The number of carboxylic acids is 1. The van der Waals surface area contributed by atoms with Crippen LogP contribution < -0.4 is 0 Å². The van der Waals surface area contributed by atoms with Crippen molar-refractivity contribution in [2.45, 2.75) is 41.5 Å². The normalized spacial score (nSPS) is 25.0. The van der Waals surface area contributed by atoms with E-state index in [1.54, 1.807) is 12.1 Å². The highest BCUT2D eigenvalue weighted by Gasteiger charge is 2.50. The minimum atomic E-state index is -1.65. The van der Waals surface area contributed by atoms with E-state index < -0.39 is 65.7 Å². The summed E-state index contributed by atoms with van der Waals surface area (Å²) in [6, 6.07) is 9.13. The van der Waals surface area contributed by atoms with Gasteiger partial charge in [0.2, 0.25) is 0 Å². The van der Waals surface area contributed by atoms with Gasteiger partial charge in [-0.05, 0) is 17.7 Å². The lowest BCUT2D eigenvalue weighted by Gasteiger charge is -2.43. The van der Waals surface area contributed by atoms with Gasteiger partial charge in [0.1, 0.15) is 41.4 Å². The molecule has 0 spiro atoms. The van der Waals surface area contributed by atoms with E-state index in [9.17, 15) is 38.4 Å². The van der Waals surface area contributed by atoms with Crippen molar-refractivity contribution >= 4 is 17.7 Å². The maximum atomic E-state index is 13.7. The van der Waals surface area contributed by atoms with Crippen molar-refractivity contribution in [2.75, 3.05) is 6.61 Å². The topological polar surface area (TPSA) is 138 Å². The van der Waals surface area contributed by atoms with E-state index in [0.717, 1.165) is 28.2 Å². The van der Waals surface area contributed by atoms with Gasteiger partial charge in [-0.3, -0.25) is 4.79 Å².